The number of nitrogens with zero attached hydrogens (tertiary/aromatic N) is 2. The van der Waals surface area contributed by atoms with Crippen LogP contribution in [-0.4, -0.2) is 30.6 Å². The van der Waals surface area contributed by atoms with Gasteiger partial charge in [-0.2, -0.15) is 0 Å². The Kier molecular flexibility index (Phi) is 5.67. The number of nitrogens with one attached hydrogen (secondary N) is 1. The van der Waals surface area contributed by atoms with Crippen molar-refractivity contribution in [1.29, 1.82) is 0 Å². The Balaban J connectivity index is 1.50. The van der Waals surface area contributed by atoms with E-state index in [1.54, 1.807) is 6.07 Å². The van der Waals surface area contributed by atoms with Crippen molar-refractivity contribution >= 4 is 29.0 Å². The predicted molar refractivity (Wildman–Crippen MR) is 115 cm³/mol. The zero-order chi connectivity index (χ0) is 20.2. The van der Waals surface area contributed by atoms with Gasteiger partial charge < -0.3 is 15.0 Å². The van der Waals surface area contributed by atoms with E-state index in [4.69, 9.17) is 16.3 Å². The summed E-state index contributed by atoms with van der Waals surface area (Å²) in [4.78, 5) is 19.4. The van der Waals surface area contributed by atoms with Crippen molar-refractivity contribution in [2.45, 2.75) is 13.3 Å². The van der Waals surface area contributed by atoms with Crippen LogP contribution in [0.2, 0.25) is 5.02 Å². The molecule has 0 bridgehead atoms. The van der Waals surface area contributed by atoms with Gasteiger partial charge >= 0.3 is 0 Å². The number of ether oxygens (including phenoxy) is 1. The summed E-state index contributed by atoms with van der Waals surface area (Å²) in [5.74, 6) is 1.31. The molecule has 1 N–H and O–H groups in total. The lowest BCUT2D eigenvalue weighted by molar-refractivity contribution is 0.0950. The summed E-state index contributed by atoms with van der Waals surface area (Å²) in [6, 6.07) is 17.3. The van der Waals surface area contributed by atoms with Crippen molar-refractivity contribution in [1.82, 2.24) is 10.3 Å². The van der Waals surface area contributed by atoms with Gasteiger partial charge in [-0.15, -0.1) is 0 Å². The normalized spacial score (nSPS) is 12.8. The molecule has 1 aliphatic heterocycles. The molecule has 0 saturated heterocycles. The molecule has 0 radical (unpaired) electrons. The number of anilines is 2. The van der Waals surface area contributed by atoms with Gasteiger partial charge in [0.05, 0.1) is 17.8 Å². The zero-order valence-corrected chi connectivity index (χ0v) is 16.9. The molecule has 2 aromatic carbocycles. The number of benzene rings is 2. The van der Waals surface area contributed by atoms with Gasteiger partial charge in [-0.3, -0.25) is 4.79 Å². The minimum atomic E-state index is -0.144. The number of rotatable bonds is 5. The third-order valence-corrected chi connectivity index (χ3v) is 5.13. The molecule has 148 valence electrons. The fourth-order valence-electron chi connectivity index (χ4n) is 3.35. The SMILES string of the molecule is Cc1ccc(N2CCOc3c(C(=O)NCCc4ccc(Cl)cc4)cccc32)nc1. The van der Waals surface area contributed by atoms with Crippen LogP contribution in [0.3, 0.4) is 0 Å². The van der Waals surface area contributed by atoms with Crippen LogP contribution >= 0.6 is 11.6 Å². The van der Waals surface area contributed by atoms with E-state index in [9.17, 15) is 4.79 Å². The van der Waals surface area contributed by atoms with Gasteiger partial charge in [0.1, 0.15) is 12.4 Å². The number of para-hydroxylation sites is 1. The summed E-state index contributed by atoms with van der Waals surface area (Å²) in [6.45, 7) is 3.73. The van der Waals surface area contributed by atoms with E-state index < -0.39 is 0 Å². The first-order valence-electron chi connectivity index (χ1n) is 9.60. The van der Waals surface area contributed by atoms with Crippen molar-refractivity contribution < 1.29 is 9.53 Å². The average molecular weight is 408 g/mol. The number of halogens is 1. The van der Waals surface area contributed by atoms with Crippen molar-refractivity contribution in [3.05, 3.63) is 82.5 Å². The van der Waals surface area contributed by atoms with Gasteiger partial charge in [-0.1, -0.05) is 35.9 Å². The number of aromatic nitrogens is 1. The molecule has 5 nitrogen and oxygen atoms in total. The molecule has 0 atom stereocenters. The van der Waals surface area contributed by atoms with E-state index in [0.29, 0.717) is 36.0 Å². The molecule has 3 aromatic rings. The van der Waals surface area contributed by atoms with Gasteiger partial charge in [0, 0.05) is 17.8 Å². The minimum Gasteiger partial charge on any atom is -0.489 e. The fraction of sp³-hybridized carbons (Fsp3) is 0.217. The maximum absolute atomic E-state index is 12.8. The average Bonchev–Trinajstić information content (AvgIpc) is 2.75. The highest BCUT2D eigenvalue weighted by Gasteiger charge is 2.25. The Morgan fingerprint density at radius 2 is 2.00 bits per heavy atom. The van der Waals surface area contributed by atoms with E-state index in [0.717, 1.165) is 29.1 Å². The van der Waals surface area contributed by atoms with Crippen LogP contribution in [0.1, 0.15) is 21.5 Å². The largest absolute Gasteiger partial charge is 0.489 e. The lowest BCUT2D eigenvalue weighted by Crippen LogP contribution is -2.32. The highest BCUT2D eigenvalue weighted by molar-refractivity contribution is 6.30. The molecule has 0 aliphatic carbocycles. The number of carbonyl (C=O) groups is 1. The first kappa shape index (κ1) is 19.3. The second-order valence-electron chi connectivity index (χ2n) is 6.98. The molecule has 0 spiro atoms. The Labute approximate surface area is 175 Å². The topological polar surface area (TPSA) is 54.5 Å². The predicted octanol–water partition coefficient (Wildman–Crippen LogP) is 4.55. The van der Waals surface area contributed by atoms with Gasteiger partial charge in [-0.05, 0) is 54.8 Å². The molecular formula is C23H22ClN3O2. The zero-order valence-electron chi connectivity index (χ0n) is 16.2. The molecule has 1 aromatic heterocycles. The van der Waals surface area contributed by atoms with Crippen LogP contribution in [0.5, 0.6) is 5.75 Å². The van der Waals surface area contributed by atoms with Crippen molar-refractivity contribution in [2.75, 3.05) is 24.6 Å². The minimum absolute atomic E-state index is 0.144. The van der Waals surface area contributed by atoms with Crippen molar-refractivity contribution in [2.24, 2.45) is 0 Å². The highest BCUT2D eigenvalue weighted by atomic mass is 35.5. The Morgan fingerprint density at radius 1 is 1.17 bits per heavy atom. The number of hydrogen-bond acceptors (Lipinski definition) is 4. The van der Waals surface area contributed by atoms with E-state index in [-0.39, 0.29) is 5.91 Å². The lowest BCUT2D eigenvalue weighted by Gasteiger charge is -2.31. The molecule has 2 heterocycles. The molecule has 0 unspecified atom stereocenters. The van der Waals surface area contributed by atoms with Crippen LogP contribution < -0.4 is 15.0 Å². The first-order chi connectivity index (χ1) is 14.1. The van der Waals surface area contributed by atoms with Gasteiger partial charge in [0.25, 0.3) is 5.91 Å². The smallest absolute Gasteiger partial charge is 0.255 e. The van der Waals surface area contributed by atoms with E-state index in [2.05, 4.69) is 15.2 Å². The van der Waals surface area contributed by atoms with E-state index in [1.165, 1.54) is 0 Å². The number of pyridine rings is 1. The fourth-order valence-corrected chi connectivity index (χ4v) is 3.48. The number of hydrogen-bond donors (Lipinski definition) is 1. The summed E-state index contributed by atoms with van der Waals surface area (Å²) < 4.78 is 5.88. The maximum atomic E-state index is 12.8. The van der Waals surface area contributed by atoms with Gasteiger partial charge in [0.2, 0.25) is 0 Å². The van der Waals surface area contributed by atoms with E-state index >= 15 is 0 Å². The van der Waals surface area contributed by atoms with Gasteiger partial charge in [0.15, 0.2) is 5.75 Å². The molecule has 1 aliphatic rings. The Hall–Kier alpha value is -3.05. The third kappa shape index (κ3) is 4.35. The molecule has 1 amide bonds. The maximum Gasteiger partial charge on any atom is 0.255 e. The Morgan fingerprint density at radius 3 is 2.76 bits per heavy atom. The summed E-state index contributed by atoms with van der Waals surface area (Å²) >= 11 is 5.92. The summed E-state index contributed by atoms with van der Waals surface area (Å²) in [7, 11) is 0. The van der Waals surface area contributed by atoms with E-state index in [1.807, 2.05) is 61.7 Å². The molecular weight excluding hydrogens is 386 g/mol. The second-order valence-corrected chi connectivity index (χ2v) is 7.42. The number of carbonyl (C=O) groups excluding carboxylic acids is 1. The lowest BCUT2D eigenvalue weighted by atomic mass is 10.1. The molecule has 0 saturated carbocycles. The molecule has 4 rings (SSSR count). The summed E-state index contributed by atoms with van der Waals surface area (Å²) in [5.41, 5.74) is 3.63. The van der Waals surface area contributed by atoms with Crippen LogP contribution in [0.25, 0.3) is 0 Å². The third-order valence-electron chi connectivity index (χ3n) is 4.88. The monoisotopic (exact) mass is 407 g/mol. The number of aryl methyl sites for hydroxylation is 1. The summed E-state index contributed by atoms with van der Waals surface area (Å²) in [5, 5.41) is 3.70. The quantitative estimate of drug-likeness (QED) is 0.674. The van der Waals surface area contributed by atoms with Crippen LogP contribution in [-0.2, 0) is 6.42 Å². The first-order valence-corrected chi connectivity index (χ1v) is 9.98. The molecule has 29 heavy (non-hydrogen) atoms. The van der Waals surface area contributed by atoms with Crippen molar-refractivity contribution in [3.8, 4) is 5.75 Å². The number of amides is 1. The molecule has 0 fully saturated rings. The van der Waals surface area contributed by atoms with Gasteiger partial charge in [-0.25, -0.2) is 4.98 Å². The summed E-state index contributed by atoms with van der Waals surface area (Å²) in [6.07, 6.45) is 2.58. The highest BCUT2D eigenvalue weighted by Crippen LogP contribution is 2.38. The van der Waals surface area contributed by atoms with Crippen LogP contribution in [0, 0.1) is 6.92 Å². The standard InChI is InChI=1S/C23H22ClN3O2/c1-16-5-10-21(26-15-16)27-13-14-29-22-19(3-2-4-20(22)27)23(28)25-12-11-17-6-8-18(24)9-7-17/h2-10,15H,11-14H2,1H3,(H,25,28). The second kappa shape index (κ2) is 8.53. The van der Waals surface area contributed by atoms with Crippen LogP contribution in [0.4, 0.5) is 11.5 Å². The molecule has 6 heteroatoms. The number of fused-ring (bicyclic) bond motifs is 1. The van der Waals surface area contributed by atoms with Crippen molar-refractivity contribution in [3.63, 3.8) is 0 Å². The Bertz CT molecular complexity index is 1000. The van der Waals surface area contributed by atoms with Crippen LogP contribution in [0.15, 0.2) is 60.8 Å².